The zero-order valence-electron chi connectivity index (χ0n) is 11.6. The van der Waals surface area contributed by atoms with Gasteiger partial charge < -0.3 is 9.67 Å². The Labute approximate surface area is 127 Å². The molecule has 1 heterocycles. The average Bonchev–Trinajstić information content (AvgIpc) is 2.87. The zero-order valence-corrected chi connectivity index (χ0v) is 12.4. The summed E-state index contributed by atoms with van der Waals surface area (Å²) in [5, 5.41) is 17.6. The van der Waals surface area contributed by atoms with Crippen molar-refractivity contribution >= 4 is 17.7 Å². The van der Waals surface area contributed by atoms with Crippen molar-refractivity contribution in [3.05, 3.63) is 54.4 Å². The Balaban J connectivity index is 2.07. The molecule has 0 atom stereocenters. The number of carboxylic acids is 1. The van der Waals surface area contributed by atoms with E-state index in [2.05, 4.69) is 28.9 Å². The maximum atomic E-state index is 10.7. The highest BCUT2D eigenvalue weighted by Gasteiger charge is 2.12. The number of rotatable bonds is 8. The Morgan fingerprint density at radius 2 is 2.05 bits per heavy atom. The second kappa shape index (κ2) is 7.64. The van der Waals surface area contributed by atoms with Crippen LogP contribution < -0.4 is 0 Å². The number of aryl methyl sites for hydroxylation is 2. The van der Waals surface area contributed by atoms with Crippen LogP contribution in [0.5, 0.6) is 0 Å². The summed E-state index contributed by atoms with van der Waals surface area (Å²) in [6.07, 6.45) is 3.40. The largest absolute Gasteiger partial charge is 0.481 e. The molecule has 2 aromatic rings. The molecule has 110 valence electrons. The molecule has 0 aliphatic rings. The Bertz CT molecular complexity index is 611. The highest BCUT2D eigenvalue weighted by Crippen LogP contribution is 2.18. The SMILES string of the molecule is C=CCn1c(CCc2ccccc2)nnc1SCC(=O)O. The lowest BCUT2D eigenvalue weighted by Crippen LogP contribution is -2.07. The number of thioether (sulfide) groups is 1. The highest BCUT2D eigenvalue weighted by molar-refractivity contribution is 7.99. The third-order valence-electron chi connectivity index (χ3n) is 2.91. The number of hydrogen-bond donors (Lipinski definition) is 1. The fraction of sp³-hybridized carbons (Fsp3) is 0.267. The zero-order chi connectivity index (χ0) is 15.1. The van der Waals surface area contributed by atoms with Crippen LogP contribution in [0.4, 0.5) is 0 Å². The topological polar surface area (TPSA) is 68.0 Å². The quantitative estimate of drug-likeness (QED) is 0.599. The van der Waals surface area contributed by atoms with Crippen molar-refractivity contribution in [1.82, 2.24) is 14.8 Å². The minimum Gasteiger partial charge on any atom is -0.481 e. The van der Waals surface area contributed by atoms with Crippen molar-refractivity contribution in [3.63, 3.8) is 0 Å². The van der Waals surface area contributed by atoms with Gasteiger partial charge in [0.25, 0.3) is 0 Å². The first kappa shape index (κ1) is 15.3. The van der Waals surface area contributed by atoms with Gasteiger partial charge in [-0.3, -0.25) is 4.79 Å². The lowest BCUT2D eigenvalue weighted by Gasteiger charge is -2.07. The van der Waals surface area contributed by atoms with Crippen LogP contribution in [0.15, 0.2) is 48.1 Å². The van der Waals surface area contributed by atoms with Gasteiger partial charge >= 0.3 is 5.97 Å². The minimum absolute atomic E-state index is 0.0199. The van der Waals surface area contributed by atoms with E-state index in [1.165, 1.54) is 17.3 Å². The summed E-state index contributed by atoms with van der Waals surface area (Å²) in [5.74, 6) is -0.0286. The Morgan fingerprint density at radius 3 is 2.71 bits per heavy atom. The van der Waals surface area contributed by atoms with E-state index in [0.29, 0.717) is 11.7 Å². The second-order valence-electron chi connectivity index (χ2n) is 4.47. The molecule has 0 amide bonds. The fourth-order valence-electron chi connectivity index (χ4n) is 1.95. The van der Waals surface area contributed by atoms with E-state index in [1.54, 1.807) is 6.08 Å². The molecule has 0 fully saturated rings. The molecule has 0 saturated heterocycles. The lowest BCUT2D eigenvalue weighted by atomic mass is 10.1. The van der Waals surface area contributed by atoms with Crippen LogP contribution in [0.25, 0.3) is 0 Å². The minimum atomic E-state index is -0.862. The molecule has 0 spiro atoms. The smallest absolute Gasteiger partial charge is 0.313 e. The van der Waals surface area contributed by atoms with Crippen molar-refractivity contribution in [3.8, 4) is 0 Å². The molecule has 0 saturated carbocycles. The average molecular weight is 303 g/mol. The molecule has 0 unspecified atom stereocenters. The van der Waals surface area contributed by atoms with Gasteiger partial charge in [-0.2, -0.15) is 0 Å². The number of carbonyl (C=O) groups is 1. The van der Waals surface area contributed by atoms with Gasteiger partial charge in [0.1, 0.15) is 5.82 Å². The molecule has 5 nitrogen and oxygen atoms in total. The van der Waals surface area contributed by atoms with Gasteiger partial charge in [0.05, 0.1) is 5.75 Å². The second-order valence-corrected chi connectivity index (χ2v) is 5.41. The lowest BCUT2D eigenvalue weighted by molar-refractivity contribution is -0.133. The van der Waals surface area contributed by atoms with Crippen LogP contribution in [-0.4, -0.2) is 31.6 Å². The number of allylic oxidation sites excluding steroid dienone is 1. The Morgan fingerprint density at radius 1 is 1.29 bits per heavy atom. The van der Waals surface area contributed by atoms with Crippen LogP contribution in [0.3, 0.4) is 0 Å². The van der Waals surface area contributed by atoms with E-state index in [9.17, 15) is 4.79 Å². The predicted molar refractivity (Wildman–Crippen MR) is 82.4 cm³/mol. The monoisotopic (exact) mass is 303 g/mol. The molecule has 2 rings (SSSR count). The van der Waals surface area contributed by atoms with Gasteiger partial charge in [-0.15, -0.1) is 16.8 Å². The van der Waals surface area contributed by atoms with E-state index < -0.39 is 5.97 Å². The number of benzene rings is 1. The van der Waals surface area contributed by atoms with Gasteiger partial charge in [-0.25, -0.2) is 0 Å². The Kier molecular flexibility index (Phi) is 5.57. The molecule has 1 aromatic heterocycles. The summed E-state index contributed by atoms with van der Waals surface area (Å²) >= 11 is 1.18. The van der Waals surface area contributed by atoms with Gasteiger partial charge in [0.15, 0.2) is 5.16 Å². The fourth-order valence-corrected chi connectivity index (χ4v) is 2.64. The summed E-state index contributed by atoms with van der Waals surface area (Å²) in [7, 11) is 0. The standard InChI is InChI=1S/C15H17N3O2S/c1-2-10-18-13(9-8-12-6-4-3-5-7-12)16-17-15(18)21-11-14(19)20/h2-7H,1,8-11H2,(H,19,20). The molecular weight excluding hydrogens is 286 g/mol. The number of hydrogen-bond acceptors (Lipinski definition) is 4. The summed E-state index contributed by atoms with van der Waals surface area (Å²) < 4.78 is 1.92. The van der Waals surface area contributed by atoms with E-state index in [1.807, 2.05) is 22.8 Å². The summed E-state index contributed by atoms with van der Waals surface area (Å²) in [5.41, 5.74) is 1.24. The third-order valence-corrected chi connectivity index (χ3v) is 3.86. The first-order valence-corrected chi connectivity index (χ1v) is 7.60. The van der Waals surface area contributed by atoms with Crippen LogP contribution in [-0.2, 0) is 24.2 Å². The first-order valence-electron chi connectivity index (χ1n) is 6.62. The van der Waals surface area contributed by atoms with Gasteiger partial charge in [0.2, 0.25) is 0 Å². The highest BCUT2D eigenvalue weighted by atomic mass is 32.2. The summed E-state index contributed by atoms with van der Waals surface area (Å²) in [6.45, 7) is 4.31. The predicted octanol–water partition coefficient (Wildman–Crippen LogP) is 2.43. The van der Waals surface area contributed by atoms with Gasteiger partial charge in [-0.1, -0.05) is 48.2 Å². The van der Waals surface area contributed by atoms with Gasteiger partial charge in [0, 0.05) is 13.0 Å². The first-order chi connectivity index (χ1) is 10.2. The van der Waals surface area contributed by atoms with E-state index in [0.717, 1.165) is 18.7 Å². The summed E-state index contributed by atoms with van der Waals surface area (Å²) in [6, 6.07) is 10.2. The Hall–Kier alpha value is -2.08. The van der Waals surface area contributed by atoms with Crippen LogP contribution in [0, 0.1) is 0 Å². The van der Waals surface area contributed by atoms with Gasteiger partial charge in [-0.05, 0) is 12.0 Å². The third kappa shape index (κ3) is 4.46. The molecular formula is C15H17N3O2S. The molecule has 0 aliphatic carbocycles. The summed E-state index contributed by atoms with van der Waals surface area (Å²) in [4.78, 5) is 10.7. The number of carboxylic acid groups (broad SMARTS) is 1. The maximum absolute atomic E-state index is 10.7. The number of aliphatic carboxylic acids is 1. The van der Waals surface area contributed by atoms with Crippen molar-refractivity contribution in [2.75, 3.05) is 5.75 Å². The van der Waals surface area contributed by atoms with E-state index in [-0.39, 0.29) is 5.75 Å². The van der Waals surface area contributed by atoms with Crippen molar-refractivity contribution in [2.24, 2.45) is 0 Å². The van der Waals surface area contributed by atoms with Crippen molar-refractivity contribution in [2.45, 2.75) is 24.5 Å². The van der Waals surface area contributed by atoms with Crippen LogP contribution in [0.1, 0.15) is 11.4 Å². The molecule has 0 radical (unpaired) electrons. The van der Waals surface area contributed by atoms with E-state index >= 15 is 0 Å². The van der Waals surface area contributed by atoms with Crippen LogP contribution in [0.2, 0.25) is 0 Å². The molecule has 1 aromatic carbocycles. The van der Waals surface area contributed by atoms with Crippen molar-refractivity contribution < 1.29 is 9.90 Å². The normalized spacial score (nSPS) is 10.5. The van der Waals surface area contributed by atoms with Crippen molar-refractivity contribution in [1.29, 1.82) is 0 Å². The van der Waals surface area contributed by atoms with Crippen LogP contribution >= 0.6 is 11.8 Å². The number of nitrogens with zero attached hydrogens (tertiary/aromatic N) is 3. The molecule has 1 N–H and O–H groups in total. The molecule has 0 bridgehead atoms. The molecule has 21 heavy (non-hydrogen) atoms. The molecule has 0 aliphatic heterocycles. The maximum Gasteiger partial charge on any atom is 0.313 e. The molecule has 6 heteroatoms. The van der Waals surface area contributed by atoms with E-state index in [4.69, 9.17) is 5.11 Å². The number of aromatic nitrogens is 3.